The van der Waals surface area contributed by atoms with Gasteiger partial charge in [0.05, 0.1) is 31.8 Å². The summed E-state index contributed by atoms with van der Waals surface area (Å²) in [6.07, 6.45) is 0.0336. The van der Waals surface area contributed by atoms with Crippen LogP contribution in [0.5, 0.6) is 0 Å². The molecule has 1 atom stereocenters. The number of carbonyl (C=O) groups is 3. The molecule has 7 heteroatoms. The minimum absolute atomic E-state index is 0.0336. The van der Waals surface area contributed by atoms with E-state index < -0.39 is 12.0 Å². The molecule has 1 unspecified atom stereocenters. The molecular formula is C13H13BrN2O4. The van der Waals surface area contributed by atoms with Crippen molar-refractivity contribution in [2.75, 3.05) is 18.6 Å². The van der Waals surface area contributed by atoms with Crippen LogP contribution in [0.1, 0.15) is 6.42 Å². The summed E-state index contributed by atoms with van der Waals surface area (Å²) in [5, 5.41) is 2.73. The number of hydrogen-bond acceptors (Lipinski definition) is 5. The Morgan fingerprint density at radius 3 is 2.65 bits per heavy atom. The maximum atomic E-state index is 12.2. The Labute approximate surface area is 124 Å². The highest BCUT2D eigenvalue weighted by Crippen LogP contribution is 2.24. The number of rotatable bonds is 4. The third-order valence-electron chi connectivity index (χ3n) is 2.95. The number of anilines is 1. The Balaban J connectivity index is 2.09. The third-order valence-corrected chi connectivity index (χ3v) is 3.48. The molecule has 1 aromatic carbocycles. The van der Waals surface area contributed by atoms with E-state index in [1.54, 1.807) is 24.3 Å². The number of methoxy groups -OCH3 is 1. The minimum Gasteiger partial charge on any atom is -0.468 e. The van der Waals surface area contributed by atoms with E-state index >= 15 is 0 Å². The Morgan fingerprint density at radius 2 is 2.05 bits per heavy atom. The van der Waals surface area contributed by atoms with Crippen LogP contribution in [0.15, 0.2) is 28.7 Å². The number of nitrogens with zero attached hydrogens (tertiary/aromatic N) is 1. The van der Waals surface area contributed by atoms with Crippen LogP contribution in [-0.4, -0.2) is 37.5 Å². The second-order valence-electron chi connectivity index (χ2n) is 4.26. The van der Waals surface area contributed by atoms with E-state index in [1.807, 2.05) is 0 Å². The molecule has 2 amide bonds. The second-order valence-corrected chi connectivity index (χ2v) is 5.17. The molecule has 1 N–H and O–H groups in total. The molecular weight excluding hydrogens is 328 g/mol. The summed E-state index contributed by atoms with van der Waals surface area (Å²) >= 11 is 3.29. The van der Waals surface area contributed by atoms with Gasteiger partial charge in [-0.05, 0) is 24.3 Å². The van der Waals surface area contributed by atoms with Gasteiger partial charge in [0, 0.05) is 4.47 Å². The quantitative estimate of drug-likeness (QED) is 0.649. The maximum absolute atomic E-state index is 12.2. The summed E-state index contributed by atoms with van der Waals surface area (Å²) in [5.74, 6) is -1.13. The molecule has 0 bridgehead atoms. The number of ether oxygens (including phenoxy) is 1. The van der Waals surface area contributed by atoms with E-state index in [9.17, 15) is 14.4 Å². The highest BCUT2D eigenvalue weighted by Gasteiger charge is 2.39. The van der Waals surface area contributed by atoms with E-state index in [4.69, 9.17) is 0 Å². The summed E-state index contributed by atoms with van der Waals surface area (Å²) in [7, 11) is 1.26. The highest BCUT2D eigenvalue weighted by molar-refractivity contribution is 9.10. The number of imide groups is 1. The molecule has 1 aromatic rings. The van der Waals surface area contributed by atoms with E-state index in [1.165, 1.54) is 7.11 Å². The van der Waals surface area contributed by atoms with Gasteiger partial charge >= 0.3 is 5.97 Å². The normalized spacial score (nSPS) is 18.5. The van der Waals surface area contributed by atoms with Gasteiger partial charge in [-0.2, -0.15) is 0 Å². The lowest BCUT2D eigenvalue weighted by atomic mass is 10.2. The van der Waals surface area contributed by atoms with Crippen molar-refractivity contribution >= 4 is 39.4 Å². The number of hydrogen-bond donors (Lipinski definition) is 1. The fraction of sp³-hybridized carbons (Fsp3) is 0.308. The SMILES string of the molecule is COC(=O)CNC1CC(=O)N(c2ccc(Br)cc2)C1=O. The molecule has 6 nitrogen and oxygen atoms in total. The van der Waals surface area contributed by atoms with Crippen LogP contribution in [0.2, 0.25) is 0 Å². The van der Waals surface area contributed by atoms with Crippen LogP contribution in [0.25, 0.3) is 0 Å². The summed E-state index contributed by atoms with van der Waals surface area (Å²) in [6, 6.07) is 6.19. The van der Waals surface area contributed by atoms with Gasteiger partial charge in [0.1, 0.15) is 0 Å². The van der Waals surface area contributed by atoms with Gasteiger partial charge in [-0.3, -0.25) is 19.7 Å². The molecule has 0 aromatic heterocycles. The molecule has 0 aliphatic carbocycles. The van der Waals surface area contributed by atoms with Crippen LogP contribution in [0.4, 0.5) is 5.69 Å². The Bertz CT molecular complexity index is 544. The first kappa shape index (κ1) is 14.7. The van der Waals surface area contributed by atoms with Crippen molar-refractivity contribution in [3.05, 3.63) is 28.7 Å². The average Bonchev–Trinajstić information content (AvgIpc) is 2.72. The molecule has 20 heavy (non-hydrogen) atoms. The zero-order valence-corrected chi connectivity index (χ0v) is 12.3. The lowest BCUT2D eigenvalue weighted by Gasteiger charge is -2.15. The van der Waals surface area contributed by atoms with Crippen molar-refractivity contribution in [1.82, 2.24) is 5.32 Å². The van der Waals surface area contributed by atoms with Crippen molar-refractivity contribution in [3.8, 4) is 0 Å². The van der Waals surface area contributed by atoms with Crippen LogP contribution in [-0.2, 0) is 19.1 Å². The van der Waals surface area contributed by atoms with E-state index in [0.717, 1.165) is 9.37 Å². The lowest BCUT2D eigenvalue weighted by Crippen LogP contribution is -2.41. The van der Waals surface area contributed by atoms with E-state index in [-0.39, 0.29) is 24.8 Å². The van der Waals surface area contributed by atoms with Gasteiger partial charge in [0.15, 0.2) is 0 Å². The van der Waals surface area contributed by atoms with E-state index in [0.29, 0.717) is 5.69 Å². The number of amides is 2. The minimum atomic E-state index is -0.690. The van der Waals surface area contributed by atoms with Gasteiger partial charge < -0.3 is 4.74 Å². The Morgan fingerprint density at radius 1 is 1.40 bits per heavy atom. The van der Waals surface area contributed by atoms with Crippen molar-refractivity contribution < 1.29 is 19.1 Å². The summed E-state index contributed by atoms with van der Waals surface area (Å²) in [4.78, 5) is 36.3. The number of carbonyl (C=O) groups excluding carboxylic acids is 3. The average molecular weight is 341 g/mol. The highest BCUT2D eigenvalue weighted by atomic mass is 79.9. The van der Waals surface area contributed by atoms with E-state index in [2.05, 4.69) is 26.0 Å². The topological polar surface area (TPSA) is 75.7 Å². The smallest absolute Gasteiger partial charge is 0.319 e. The maximum Gasteiger partial charge on any atom is 0.319 e. The molecule has 1 heterocycles. The summed E-state index contributed by atoms with van der Waals surface area (Å²) in [5.41, 5.74) is 0.519. The first-order valence-electron chi connectivity index (χ1n) is 5.95. The predicted molar refractivity (Wildman–Crippen MR) is 75.1 cm³/mol. The zero-order chi connectivity index (χ0) is 14.7. The molecule has 106 valence electrons. The Hall–Kier alpha value is -1.73. The van der Waals surface area contributed by atoms with Gasteiger partial charge in [-0.1, -0.05) is 15.9 Å². The van der Waals surface area contributed by atoms with Crippen LogP contribution >= 0.6 is 15.9 Å². The van der Waals surface area contributed by atoms with Gasteiger partial charge in [0.2, 0.25) is 5.91 Å². The molecule has 1 aliphatic rings. The monoisotopic (exact) mass is 340 g/mol. The number of esters is 1. The molecule has 1 fully saturated rings. The number of halogens is 1. The second kappa shape index (κ2) is 6.15. The first-order valence-corrected chi connectivity index (χ1v) is 6.75. The lowest BCUT2D eigenvalue weighted by molar-refractivity contribution is -0.139. The summed E-state index contributed by atoms with van der Waals surface area (Å²) < 4.78 is 5.34. The molecule has 0 spiro atoms. The third kappa shape index (κ3) is 3.05. The van der Waals surface area contributed by atoms with Gasteiger partial charge in [-0.15, -0.1) is 0 Å². The molecule has 1 aliphatic heterocycles. The van der Waals surface area contributed by atoms with Gasteiger partial charge in [0.25, 0.3) is 5.91 Å². The zero-order valence-electron chi connectivity index (χ0n) is 10.8. The van der Waals surface area contributed by atoms with Crippen LogP contribution in [0.3, 0.4) is 0 Å². The number of nitrogens with one attached hydrogen (secondary N) is 1. The Kier molecular flexibility index (Phi) is 4.51. The fourth-order valence-corrected chi connectivity index (χ4v) is 2.20. The van der Waals surface area contributed by atoms with Crippen molar-refractivity contribution in [2.45, 2.75) is 12.5 Å². The van der Waals surface area contributed by atoms with Gasteiger partial charge in [-0.25, -0.2) is 4.90 Å². The molecule has 0 saturated carbocycles. The summed E-state index contributed by atoms with van der Waals surface area (Å²) in [6.45, 7) is -0.103. The van der Waals surface area contributed by atoms with Crippen molar-refractivity contribution in [1.29, 1.82) is 0 Å². The van der Waals surface area contributed by atoms with Crippen LogP contribution in [0, 0.1) is 0 Å². The first-order chi connectivity index (χ1) is 9.52. The fourth-order valence-electron chi connectivity index (χ4n) is 1.93. The largest absolute Gasteiger partial charge is 0.468 e. The standard InChI is InChI=1S/C13H13BrN2O4/c1-20-12(18)7-15-10-6-11(17)16(13(10)19)9-4-2-8(14)3-5-9/h2-5,10,15H,6-7H2,1H3. The van der Waals surface area contributed by atoms with Crippen molar-refractivity contribution in [2.24, 2.45) is 0 Å². The number of benzene rings is 1. The molecule has 1 saturated heterocycles. The molecule has 0 radical (unpaired) electrons. The molecule has 2 rings (SSSR count). The van der Waals surface area contributed by atoms with Crippen molar-refractivity contribution in [3.63, 3.8) is 0 Å². The van der Waals surface area contributed by atoms with Crippen LogP contribution < -0.4 is 10.2 Å². The predicted octanol–water partition coefficient (Wildman–Crippen LogP) is 0.844.